The summed E-state index contributed by atoms with van der Waals surface area (Å²) in [7, 11) is 0. The van der Waals surface area contributed by atoms with Gasteiger partial charge in [0.05, 0.1) is 35.7 Å². The lowest BCUT2D eigenvalue weighted by Crippen LogP contribution is -2.78. The molecule has 2 aliphatic carbocycles. The van der Waals surface area contributed by atoms with Gasteiger partial charge in [0, 0.05) is 26.4 Å². The summed E-state index contributed by atoms with van der Waals surface area (Å²) in [6, 6.07) is 8.33. The smallest absolute Gasteiger partial charge is 0.338 e. The molecular weight excluding hydrogens is 520 g/mol. The number of hydrogen-bond acceptors (Lipinski definition) is 10. The number of esters is 2. The summed E-state index contributed by atoms with van der Waals surface area (Å²) in [6.45, 7) is 7.51. The highest BCUT2D eigenvalue weighted by atomic mass is 16.6. The normalized spacial score (nSPS) is 37.0. The van der Waals surface area contributed by atoms with Crippen molar-refractivity contribution in [3.63, 3.8) is 0 Å². The minimum atomic E-state index is -1.72. The second kappa shape index (κ2) is 11.0. The average molecular weight is 561 g/mol. The van der Waals surface area contributed by atoms with Crippen LogP contribution < -0.4 is 0 Å². The van der Waals surface area contributed by atoms with Gasteiger partial charge < -0.3 is 34.6 Å². The number of aliphatic hydroxyl groups excluding tert-OH is 4. The average Bonchev–Trinajstić information content (AvgIpc) is 2.88. The number of ether oxygens (including phenoxy) is 3. The third kappa shape index (κ3) is 4.90. The molecule has 1 aromatic carbocycles. The molecule has 0 amide bonds. The van der Waals surface area contributed by atoms with Gasteiger partial charge in [-0.15, -0.1) is 0 Å². The van der Waals surface area contributed by atoms with Gasteiger partial charge in [0.1, 0.15) is 18.3 Å². The van der Waals surface area contributed by atoms with Crippen LogP contribution in [0.25, 0.3) is 0 Å². The van der Waals surface area contributed by atoms with E-state index in [1.54, 1.807) is 51.1 Å². The fourth-order valence-corrected chi connectivity index (χ4v) is 7.21. The van der Waals surface area contributed by atoms with Gasteiger partial charge in [0.2, 0.25) is 0 Å². The predicted octanol–water partition coefficient (Wildman–Crippen LogP) is 1.72. The highest BCUT2D eigenvalue weighted by Gasteiger charge is 2.73. The number of rotatable bonds is 6. The van der Waals surface area contributed by atoms with Crippen molar-refractivity contribution in [2.45, 2.75) is 90.0 Å². The lowest BCUT2D eigenvalue weighted by molar-refractivity contribution is -0.331. The molecule has 3 fully saturated rings. The summed E-state index contributed by atoms with van der Waals surface area (Å²) in [5, 5.41) is 43.3. The summed E-state index contributed by atoms with van der Waals surface area (Å²) in [4.78, 5) is 40.2. The fourth-order valence-electron chi connectivity index (χ4n) is 7.21. The van der Waals surface area contributed by atoms with Crippen LogP contribution in [-0.4, -0.2) is 87.5 Å². The van der Waals surface area contributed by atoms with Gasteiger partial charge in [-0.05, 0) is 49.0 Å². The molecule has 10 heteroatoms. The zero-order chi connectivity index (χ0) is 29.6. The van der Waals surface area contributed by atoms with Crippen molar-refractivity contribution in [1.82, 2.24) is 0 Å². The second-order valence-corrected chi connectivity index (χ2v) is 12.1. The van der Waals surface area contributed by atoms with Gasteiger partial charge in [0.15, 0.2) is 11.4 Å². The van der Waals surface area contributed by atoms with Crippen molar-refractivity contribution < 1.29 is 49.0 Å². The van der Waals surface area contributed by atoms with Gasteiger partial charge in [-0.3, -0.25) is 9.59 Å². The first-order chi connectivity index (χ1) is 18.7. The summed E-state index contributed by atoms with van der Waals surface area (Å²) in [5.74, 6) is -3.06. The molecule has 8 atom stereocenters. The molecule has 220 valence electrons. The first kappa shape index (κ1) is 30.3. The van der Waals surface area contributed by atoms with Crippen LogP contribution in [0.2, 0.25) is 0 Å². The highest BCUT2D eigenvalue weighted by molar-refractivity contribution is 5.93. The summed E-state index contributed by atoms with van der Waals surface area (Å²) >= 11 is 0. The maximum absolute atomic E-state index is 14.4. The molecule has 4 rings (SSSR count). The zero-order valence-corrected chi connectivity index (χ0v) is 23.6. The first-order valence-electron chi connectivity index (χ1n) is 13.7. The highest BCUT2D eigenvalue weighted by Crippen LogP contribution is 2.60. The Hall–Kier alpha value is -2.63. The van der Waals surface area contributed by atoms with Crippen molar-refractivity contribution in [2.75, 3.05) is 13.2 Å². The van der Waals surface area contributed by atoms with Crippen molar-refractivity contribution in [1.29, 1.82) is 0 Å². The molecule has 0 bridgehead atoms. The first-order valence-corrected chi connectivity index (χ1v) is 13.7. The molecule has 1 aliphatic heterocycles. The Morgan fingerprint density at radius 2 is 1.77 bits per heavy atom. The van der Waals surface area contributed by atoms with E-state index in [0.717, 1.165) is 0 Å². The van der Waals surface area contributed by atoms with E-state index in [9.17, 15) is 34.8 Å². The second-order valence-electron chi connectivity index (χ2n) is 12.1. The number of aliphatic hydroxyl groups is 4. The molecular formula is C30H40O10. The van der Waals surface area contributed by atoms with Crippen LogP contribution >= 0.6 is 0 Å². The monoisotopic (exact) mass is 560 g/mol. The molecule has 0 unspecified atom stereocenters. The molecule has 0 spiro atoms. The lowest BCUT2D eigenvalue weighted by atomic mass is 9.49. The molecule has 1 saturated heterocycles. The molecule has 3 aliphatic rings. The van der Waals surface area contributed by atoms with Crippen molar-refractivity contribution in [2.24, 2.45) is 16.7 Å². The number of fused-ring (bicyclic) bond motifs is 3. The summed E-state index contributed by atoms with van der Waals surface area (Å²) in [6.07, 6.45) is -5.96. The van der Waals surface area contributed by atoms with Crippen LogP contribution in [0.4, 0.5) is 0 Å². The molecule has 1 heterocycles. The molecule has 1 aromatic rings. The molecule has 0 aromatic heterocycles. The number of benzene rings is 1. The van der Waals surface area contributed by atoms with Gasteiger partial charge in [-0.1, -0.05) is 32.0 Å². The summed E-state index contributed by atoms with van der Waals surface area (Å²) < 4.78 is 17.8. The SMILES string of the molecule is CC(=O)O[C@@]12CO[C@@H]1C[C@H](O)[C@@]1(C)C(=O)[C@H](O)/C(=C(\C)[C@@H](O)CCO)C(C)(C)C[C@@H](OC(=O)c3ccccc3)[C@H]21. The van der Waals surface area contributed by atoms with Crippen LogP contribution in [0.5, 0.6) is 0 Å². The van der Waals surface area contributed by atoms with E-state index in [-0.39, 0.29) is 43.6 Å². The molecule has 10 nitrogen and oxygen atoms in total. The standard InChI is InChI=1S/C30H40O10/c1-16(19(33)11-12-31)23-24(35)26(36)29(5)21(34)13-22-30(15-38-22,40-17(2)32)25(29)20(14-28(23,3)4)39-27(37)18-9-7-6-8-10-18/h6-10,19-22,24-25,31,33-35H,11-15H2,1-5H3/b23-16-/t19-,20+,21-,22+,24+,25-,29+,30-/m0/s1. The molecule has 2 saturated carbocycles. The minimum absolute atomic E-state index is 0.00412. The van der Waals surface area contributed by atoms with Crippen molar-refractivity contribution >= 4 is 17.7 Å². The van der Waals surface area contributed by atoms with Crippen LogP contribution in [-0.2, 0) is 23.8 Å². The number of ketones is 1. The molecule has 40 heavy (non-hydrogen) atoms. The largest absolute Gasteiger partial charge is 0.458 e. The van der Waals surface area contributed by atoms with E-state index in [0.29, 0.717) is 5.57 Å². The Morgan fingerprint density at radius 1 is 1.12 bits per heavy atom. The Kier molecular flexibility index (Phi) is 8.33. The van der Waals surface area contributed by atoms with E-state index in [1.807, 2.05) is 0 Å². The van der Waals surface area contributed by atoms with E-state index in [1.165, 1.54) is 13.8 Å². The van der Waals surface area contributed by atoms with E-state index < -0.39 is 70.6 Å². The van der Waals surface area contributed by atoms with Gasteiger partial charge in [-0.2, -0.15) is 0 Å². The zero-order valence-electron chi connectivity index (χ0n) is 23.6. The topological polar surface area (TPSA) is 160 Å². The molecule has 4 N–H and O–H groups in total. The van der Waals surface area contributed by atoms with Gasteiger partial charge in [-0.25, -0.2) is 4.79 Å². The number of Topliss-reactive ketones (excluding diaryl/α,β-unsaturated/α-hetero) is 1. The lowest BCUT2D eigenvalue weighted by Gasteiger charge is -2.64. The third-order valence-electron chi connectivity index (χ3n) is 9.15. The van der Waals surface area contributed by atoms with Crippen LogP contribution in [0.15, 0.2) is 41.5 Å². The Bertz CT molecular complexity index is 1180. The maximum Gasteiger partial charge on any atom is 0.338 e. The molecule has 0 radical (unpaired) electrons. The van der Waals surface area contributed by atoms with E-state index >= 15 is 0 Å². The quantitative estimate of drug-likeness (QED) is 0.298. The van der Waals surface area contributed by atoms with Gasteiger partial charge in [0.25, 0.3) is 0 Å². The maximum atomic E-state index is 14.4. The number of carbonyl (C=O) groups is 3. The third-order valence-corrected chi connectivity index (χ3v) is 9.15. The van der Waals surface area contributed by atoms with Crippen LogP contribution in [0.1, 0.15) is 64.2 Å². The van der Waals surface area contributed by atoms with Crippen molar-refractivity contribution in [3.05, 3.63) is 47.0 Å². The number of hydrogen-bond donors (Lipinski definition) is 4. The van der Waals surface area contributed by atoms with E-state index in [4.69, 9.17) is 14.2 Å². The van der Waals surface area contributed by atoms with Crippen molar-refractivity contribution in [3.8, 4) is 0 Å². The number of carbonyl (C=O) groups excluding carboxylic acids is 3. The van der Waals surface area contributed by atoms with Gasteiger partial charge >= 0.3 is 11.9 Å². The Morgan fingerprint density at radius 3 is 2.33 bits per heavy atom. The van der Waals surface area contributed by atoms with E-state index in [2.05, 4.69) is 0 Å². The minimum Gasteiger partial charge on any atom is -0.458 e. The van der Waals surface area contributed by atoms with Crippen LogP contribution in [0.3, 0.4) is 0 Å². The Labute approximate surface area is 233 Å². The summed E-state index contributed by atoms with van der Waals surface area (Å²) in [5.41, 5.74) is -3.28. The van der Waals surface area contributed by atoms with Crippen LogP contribution in [0, 0.1) is 16.7 Å². The predicted molar refractivity (Wildman–Crippen MR) is 142 cm³/mol. The Balaban J connectivity index is 1.93. The fraction of sp³-hybridized carbons (Fsp3) is 0.633.